The first-order valence-electron chi connectivity index (χ1n) is 9.87. The zero-order valence-electron chi connectivity index (χ0n) is 17.1. The van der Waals surface area contributed by atoms with Gasteiger partial charge in [-0.05, 0) is 42.3 Å². The van der Waals surface area contributed by atoms with Gasteiger partial charge in [-0.25, -0.2) is 5.01 Å². The van der Waals surface area contributed by atoms with Gasteiger partial charge in [0.15, 0.2) is 0 Å². The Kier molecular flexibility index (Phi) is 5.40. The number of benzene rings is 3. The van der Waals surface area contributed by atoms with E-state index >= 15 is 0 Å². The highest BCUT2D eigenvalue weighted by atomic mass is 32.2. The first-order valence-corrected chi connectivity index (χ1v) is 11.6. The van der Waals surface area contributed by atoms with E-state index in [-0.39, 0.29) is 5.37 Å². The van der Waals surface area contributed by atoms with Crippen molar-refractivity contribution in [3.8, 4) is 0 Å². The van der Waals surface area contributed by atoms with Crippen molar-refractivity contribution >= 4 is 55.7 Å². The molecule has 0 spiro atoms. The van der Waals surface area contributed by atoms with Crippen LogP contribution in [0.5, 0.6) is 0 Å². The Morgan fingerprint density at radius 1 is 0.935 bits per heavy atom. The second-order valence-corrected chi connectivity index (χ2v) is 9.47. The van der Waals surface area contributed by atoms with E-state index in [0.717, 1.165) is 15.7 Å². The Bertz CT molecular complexity index is 1280. The van der Waals surface area contributed by atoms with Crippen LogP contribution in [-0.4, -0.2) is 26.2 Å². The molecule has 1 N–H and O–H groups in total. The van der Waals surface area contributed by atoms with E-state index in [1.54, 1.807) is 11.8 Å². The normalized spacial score (nSPS) is 16.6. The minimum atomic E-state index is -0.0462. The van der Waals surface area contributed by atoms with E-state index < -0.39 is 0 Å². The Morgan fingerprint density at radius 3 is 2.52 bits per heavy atom. The van der Waals surface area contributed by atoms with Crippen molar-refractivity contribution < 1.29 is 0 Å². The average molecular weight is 445 g/mol. The van der Waals surface area contributed by atoms with Gasteiger partial charge in [0, 0.05) is 5.69 Å². The Balaban J connectivity index is 1.60. The van der Waals surface area contributed by atoms with Gasteiger partial charge in [-0.1, -0.05) is 83.8 Å². The summed E-state index contributed by atoms with van der Waals surface area (Å²) in [6, 6.07) is 24.8. The third-order valence-electron chi connectivity index (χ3n) is 4.81. The fourth-order valence-corrected chi connectivity index (χ4v) is 5.06. The number of hydrogen-bond donors (Lipinski definition) is 1. The van der Waals surface area contributed by atoms with Gasteiger partial charge in [0.25, 0.3) is 0 Å². The number of aliphatic imine (C=N–C) groups is 1. The van der Waals surface area contributed by atoms with Gasteiger partial charge < -0.3 is 5.32 Å². The summed E-state index contributed by atoms with van der Waals surface area (Å²) in [5.41, 5.74) is 2.13. The highest BCUT2D eigenvalue weighted by molar-refractivity contribution is 8.14. The van der Waals surface area contributed by atoms with Crippen molar-refractivity contribution in [3.05, 3.63) is 83.4 Å². The van der Waals surface area contributed by atoms with Gasteiger partial charge in [-0.2, -0.15) is 10.1 Å². The molecule has 8 heteroatoms. The first-order chi connectivity index (χ1) is 15.2. The minimum Gasteiger partial charge on any atom is -0.324 e. The number of anilines is 1. The summed E-state index contributed by atoms with van der Waals surface area (Å²) in [7, 11) is 0. The smallest absolute Gasteiger partial charge is 0.234 e. The van der Waals surface area contributed by atoms with Crippen LogP contribution >= 0.6 is 23.1 Å². The molecule has 1 aromatic heterocycles. The molecule has 5 rings (SSSR count). The molecule has 1 atom stereocenters. The molecule has 0 amide bonds. The maximum absolute atomic E-state index is 4.83. The topological polar surface area (TPSA) is 65.8 Å². The number of guanidine groups is 1. The molecule has 0 radical (unpaired) electrons. The average Bonchev–Trinajstić information content (AvgIpc) is 3.38. The third kappa shape index (κ3) is 4.17. The Labute approximate surface area is 188 Å². The number of thioether (sulfide) groups is 1. The van der Waals surface area contributed by atoms with Gasteiger partial charge in [0.2, 0.25) is 11.1 Å². The molecule has 2 heterocycles. The fourth-order valence-electron chi connectivity index (χ4n) is 3.47. The molecule has 31 heavy (non-hydrogen) atoms. The summed E-state index contributed by atoms with van der Waals surface area (Å²) in [5.74, 6) is 0.615. The van der Waals surface area contributed by atoms with Crippen LogP contribution in [0.15, 0.2) is 82.9 Å². The number of hydrogen-bond acceptors (Lipinski definition) is 6. The van der Waals surface area contributed by atoms with Gasteiger partial charge in [-0.15, -0.1) is 10.2 Å². The molecule has 0 bridgehead atoms. The van der Waals surface area contributed by atoms with E-state index in [4.69, 9.17) is 10.1 Å². The summed E-state index contributed by atoms with van der Waals surface area (Å²) < 4.78 is 0. The van der Waals surface area contributed by atoms with Crippen LogP contribution in [0.25, 0.3) is 10.8 Å². The lowest BCUT2D eigenvalue weighted by atomic mass is 10.0. The van der Waals surface area contributed by atoms with Crippen molar-refractivity contribution in [1.29, 1.82) is 0 Å². The van der Waals surface area contributed by atoms with Crippen LogP contribution in [-0.2, 0) is 0 Å². The predicted molar refractivity (Wildman–Crippen MR) is 131 cm³/mol. The minimum absolute atomic E-state index is 0.0462. The third-order valence-corrected chi connectivity index (χ3v) is 6.64. The van der Waals surface area contributed by atoms with Gasteiger partial charge in [-0.3, -0.25) is 0 Å². The number of hydrazone groups is 1. The fraction of sp³-hybridized carbons (Fsp3) is 0.130. The maximum atomic E-state index is 4.83. The van der Waals surface area contributed by atoms with Crippen LogP contribution in [0.1, 0.15) is 22.9 Å². The number of aryl methyl sites for hydroxylation is 1. The van der Waals surface area contributed by atoms with Gasteiger partial charge in [0.1, 0.15) is 10.4 Å². The summed E-state index contributed by atoms with van der Waals surface area (Å²) in [6.45, 7) is 3.95. The van der Waals surface area contributed by atoms with Crippen LogP contribution in [0.3, 0.4) is 0 Å². The number of para-hydroxylation sites is 1. The zero-order chi connectivity index (χ0) is 21.2. The quantitative estimate of drug-likeness (QED) is 0.302. The largest absolute Gasteiger partial charge is 0.324 e. The highest BCUT2D eigenvalue weighted by Gasteiger charge is 2.32. The van der Waals surface area contributed by atoms with Crippen LogP contribution in [0, 0.1) is 6.92 Å². The second-order valence-electron chi connectivity index (χ2n) is 7.03. The molecule has 1 aliphatic rings. The number of rotatable bonds is 3. The Hall–Kier alpha value is -3.23. The molecule has 0 saturated heterocycles. The second kappa shape index (κ2) is 8.49. The van der Waals surface area contributed by atoms with E-state index in [0.29, 0.717) is 11.1 Å². The summed E-state index contributed by atoms with van der Waals surface area (Å²) in [5, 5.41) is 23.3. The zero-order valence-corrected chi connectivity index (χ0v) is 18.7. The van der Waals surface area contributed by atoms with Gasteiger partial charge >= 0.3 is 0 Å². The maximum Gasteiger partial charge on any atom is 0.234 e. The van der Waals surface area contributed by atoms with E-state index in [1.807, 2.05) is 49.2 Å². The number of nitrogens with zero attached hydrogens (tertiary/aromatic N) is 5. The van der Waals surface area contributed by atoms with E-state index in [9.17, 15) is 0 Å². The summed E-state index contributed by atoms with van der Waals surface area (Å²) >= 11 is 3.17. The summed E-state index contributed by atoms with van der Waals surface area (Å²) in [6.07, 6.45) is 0. The van der Waals surface area contributed by atoms with E-state index in [1.165, 1.54) is 27.7 Å². The van der Waals surface area contributed by atoms with Crippen LogP contribution in [0.2, 0.25) is 0 Å². The molecule has 3 aromatic carbocycles. The predicted octanol–water partition coefficient (Wildman–Crippen LogP) is 6.18. The first kappa shape index (κ1) is 19.7. The van der Waals surface area contributed by atoms with Crippen LogP contribution < -0.4 is 5.32 Å². The standard InChI is InChI=1S/C23H20N6S2/c1-15-26-27-23(31-15)25-22(24-18-11-4-3-5-12-18)29-21(30-16(2)28-29)20-14-8-10-17-9-6-7-13-19(17)20/h3-14,21H,1-2H3,(H,24,25,27)/t21-/m1/s1. The monoisotopic (exact) mass is 444 g/mol. The Morgan fingerprint density at radius 2 is 1.71 bits per heavy atom. The molecule has 1 aliphatic heterocycles. The molecular weight excluding hydrogens is 424 g/mol. The van der Waals surface area contributed by atoms with Crippen molar-refractivity contribution in [1.82, 2.24) is 15.2 Å². The lowest BCUT2D eigenvalue weighted by Crippen LogP contribution is -2.32. The van der Waals surface area contributed by atoms with Crippen molar-refractivity contribution in [2.24, 2.45) is 10.1 Å². The molecule has 0 aliphatic carbocycles. The molecule has 0 unspecified atom stereocenters. The molecule has 4 aromatic rings. The summed E-state index contributed by atoms with van der Waals surface area (Å²) in [4.78, 5) is 4.80. The molecule has 6 nitrogen and oxygen atoms in total. The molecule has 154 valence electrons. The van der Waals surface area contributed by atoms with Crippen molar-refractivity contribution in [3.63, 3.8) is 0 Å². The lowest BCUT2D eigenvalue weighted by Gasteiger charge is -2.25. The van der Waals surface area contributed by atoms with E-state index in [2.05, 4.69) is 58.0 Å². The lowest BCUT2D eigenvalue weighted by molar-refractivity contribution is 0.440. The number of nitrogens with one attached hydrogen (secondary N) is 1. The van der Waals surface area contributed by atoms with Crippen LogP contribution in [0.4, 0.5) is 10.8 Å². The SMILES string of the molecule is CC1=NN(C(=Nc2nnc(C)s2)Nc2ccccc2)[C@@H](c2cccc3ccccc23)S1. The van der Waals surface area contributed by atoms with Gasteiger partial charge in [0.05, 0.1) is 5.04 Å². The number of fused-ring (bicyclic) bond motifs is 1. The molecule has 0 saturated carbocycles. The molecular formula is C23H20N6S2. The van der Waals surface area contributed by atoms with Crippen molar-refractivity contribution in [2.75, 3.05) is 5.32 Å². The number of aromatic nitrogens is 2. The van der Waals surface area contributed by atoms with Crippen molar-refractivity contribution in [2.45, 2.75) is 19.2 Å². The molecule has 0 fully saturated rings. The highest BCUT2D eigenvalue weighted by Crippen LogP contribution is 2.42.